The van der Waals surface area contributed by atoms with Crippen LogP contribution in [0, 0.1) is 0 Å². The third-order valence-electron chi connectivity index (χ3n) is 5.43. The Labute approximate surface area is 185 Å². The summed E-state index contributed by atoms with van der Waals surface area (Å²) in [5.41, 5.74) is 6.61. The number of ether oxygens (including phenoxy) is 1. The van der Waals surface area contributed by atoms with E-state index in [0.29, 0.717) is 10.0 Å². The van der Waals surface area contributed by atoms with Crippen molar-refractivity contribution in [3.05, 3.63) is 117 Å². The van der Waals surface area contributed by atoms with Crippen LogP contribution in [0.5, 0.6) is 5.75 Å². The normalized spacial score (nSPS) is 14.1. The number of hydrogen-bond acceptors (Lipinski definition) is 1. The summed E-state index contributed by atoms with van der Waals surface area (Å²) in [4.78, 5) is 0. The van der Waals surface area contributed by atoms with Gasteiger partial charge in [0.1, 0.15) is 5.75 Å². The van der Waals surface area contributed by atoms with Gasteiger partial charge in [-0.25, -0.2) is 0 Å². The average molecular weight is 429 g/mol. The van der Waals surface area contributed by atoms with Gasteiger partial charge < -0.3 is 4.74 Å². The Morgan fingerprint density at radius 1 is 0.767 bits per heavy atom. The first-order valence-electron chi connectivity index (χ1n) is 9.69. The molecule has 1 nitrogen and oxygen atoms in total. The summed E-state index contributed by atoms with van der Waals surface area (Å²) < 4.78 is 5.77. The van der Waals surface area contributed by atoms with Crippen LogP contribution >= 0.6 is 23.2 Å². The Balaban J connectivity index is 1.79. The minimum absolute atomic E-state index is 0.713. The molecule has 0 saturated heterocycles. The van der Waals surface area contributed by atoms with Gasteiger partial charge in [-0.2, -0.15) is 0 Å². The summed E-state index contributed by atoms with van der Waals surface area (Å²) in [5, 5.41) is 3.77. The molecule has 0 heterocycles. The quantitative estimate of drug-likeness (QED) is 0.319. The van der Waals surface area contributed by atoms with Crippen LogP contribution in [-0.4, -0.2) is 7.11 Å². The molecule has 146 valence electrons. The van der Waals surface area contributed by atoms with Crippen molar-refractivity contribution in [1.29, 1.82) is 0 Å². The topological polar surface area (TPSA) is 9.23 Å². The van der Waals surface area contributed by atoms with Crippen LogP contribution in [0.15, 0.2) is 84.9 Å². The molecule has 4 aromatic rings. The van der Waals surface area contributed by atoms with Crippen molar-refractivity contribution in [2.75, 3.05) is 7.11 Å². The number of rotatable bonds is 3. The predicted molar refractivity (Wildman–Crippen MR) is 128 cm³/mol. The highest BCUT2D eigenvalue weighted by molar-refractivity contribution is 6.31. The fourth-order valence-corrected chi connectivity index (χ4v) is 4.47. The molecule has 1 aliphatic carbocycles. The fourth-order valence-electron chi connectivity index (χ4n) is 4.10. The van der Waals surface area contributed by atoms with Crippen molar-refractivity contribution in [3.63, 3.8) is 0 Å². The van der Waals surface area contributed by atoms with E-state index in [1.807, 2.05) is 42.5 Å². The van der Waals surface area contributed by atoms with Gasteiger partial charge >= 0.3 is 0 Å². The second-order valence-electron chi connectivity index (χ2n) is 7.27. The summed E-state index contributed by atoms with van der Waals surface area (Å²) in [7, 11) is 1.72. The molecular formula is C27H18Cl2O. The first-order valence-corrected chi connectivity index (χ1v) is 10.4. The van der Waals surface area contributed by atoms with E-state index in [9.17, 15) is 0 Å². The largest absolute Gasteiger partial charge is 0.496 e. The van der Waals surface area contributed by atoms with Crippen LogP contribution in [0.2, 0.25) is 10.0 Å². The molecule has 4 aromatic carbocycles. The van der Waals surface area contributed by atoms with Gasteiger partial charge in [0.25, 0.3) is 0 Å². The molecule has 0 amide bonds. The van der Waals surface area contributed by atoms with Crippen molar-refractivity contribution in [2.24, 2.45) is 0 Å². The highest BCUT2D eigenvalue weighted by Crippen LogP contribution is 2.45. The van der Waals surface area contributed by atoms with Crippen molar-refractivity contribution in [3.8, 4) is 5.75 Å². The zero-order chi connectivity index (χ0) is 20.7. The van der Waals surface area contributed by atoms with Gasteiger partial charge in [0, 0.05) is 15.6 Å². The molecule has 0 bridgehead atoms. The second kappa shape index (κ2) is 7.68. The van der Waals surface area contributed by atoms with Crippen LogP contribution in [0.25, 0.3) is 28.0 Å². The molecular weight excluding hydrogens is 411 g/mol. The highest BCUT2D eigenvalue weighted by Gasteiger charge is 2.24. The Morgan fingerprint density at radius 2 is 1.60 bits per heavy atom. The lowest BCUT2D eigenvalue weighted by atomic mass is 9.93. The number of methoxy groups -OCH3 is 1. The Hall–Kier alpha value is -3.00. The summed E-state index contributed by atoms with van der Waals surface area (Å²) in [6.45, 7) is 0. The van der Waals surface area contributed by atoms with Gasteiger partial charge in [-0.05, 0) is 81.1 Å². The van der Waals surface area contributed by atoms with E-state index < -0.39 is 0 Å². The van der Waals surface area contributed by atoms with E-state index in [1.165, 1.54) is 5.39 Å². The van der Waals surface area contributed by atoms with E-state index >= 15 is 0 Å². The molecule has 1 aliphatic rings. The zero-order valence-corrected chi connectivity index (χ0v) is 17.8. The third kappa shape index (κ3) is 3.31. The molecule has 0 aromatic heterocycles. The highest BCUT2D eigenvalue weighted by atomic mass is 35.5. The van der Waals surface area contributed by atoms with Crippen LogP contribution in [-0.2, 0) is 0 Å². The molecule has 0 spiro atoms. The van der Waals surface area contributed by atoms with Crippen LogP contribution in [0.4, 0.5) is 0 Å². The maximum atomic E-state index is 6.37. The molecule has 0 saturated carbocycles. The number of hydrogen-bond donors (Lipinski definition) is 0. The summed E-state index contributed by atoms with van der Waals surface area (Å²) in [6, 6.07) is 26.4. The molecule has 0 fully saturated rings. The Bertz CT molecular complexity index is 1350. The first kappa shape index (κ1) is 19.0. The average Bonchev–Trinajstić information content (AvgIpc) is 3.10. The zero-order valence-electron chi connectivity index (χ0n) is 16.3. The van der Waals surface area contributed by atoms with Gasteiger partial charge in [0.15, 0.2) is 0 Å². The summed E-state index contributed by atoms with van der Waals surface area (Å²) >= 11 is 12.6. The monoisotopic (exact) mass is 428 g/mol. The van der Waals surface area contributed by atoms with Crippen LogP contribution in [0.3, 0.4) is 0 Å². The third-order valence-corrected chi connectivity index (χ3v) is 5.90. The lowest BCUT2D eigenvalue weighted by Crippen LogP contribution is -1.94. The maximum absolute atomic E-state index is 6.37. The standard InChI is InChI=1S/C27H18Cl2O/c1-30-26-12-9-18-6-2-3-8-22(18)27(26)25-15-19(13-17-5-4-7-20(28)14-17)24-16-21(29)10-11-23(24)25/h2-16H,1H3/b19-13+. The van der Waals surface area contributed by atoms with E-state index in [4.69, 9.17) is 27.9 Å². The lowest BCUT2D eigenvalue weighted by molar-refractivity contribution is 0.414. The van der Waals surface area contributed by atoms with E-state index in [0.717, 1.165) is 44.5 Å². The van der Waals surface area contributed by atoms with Gasteiger partial charge in [0.2, 0.25) is 0 Å². The number of allylic oxidation sites excluding steroid dienone is 2. The Kier molecular flexibility index (Phi) is 4.86. The summed E-state index contributed by atoms with van der Waals surface area (Å²) in [5.74, 6) is 0.852. The van der Waals surface area contributed by atoms with Crippen LogP contribution in [0.1, 0.15) is 22.3 Å². The molecule has 0 unspecified atom stereocenters. The molecule has 3 heteroatoms. The Morgan fingerprint density at radius 3 is 2.43 bits per heavy atom. The van der Waals surface area contributed by atoms with Crippen molar-refractivity contribution in [1.82, 2.24) is 0 Å². The van der Waals surface area contributed by atoms with Crippen LogP contribution < -0.4 is 4.74 Å². The van der Waals surface area contributed by atoms with Gasteiger partial charge in [-0.1, -0.05) is 71.7 Å². The minimum atomic E-state index is 0.713. The van der Waals surface area contributed by atoms with E-state index in [2.05, 4.69) is 48.6 Å². The SMILES string of the molecule is COc1ccc2ccccc2c1C1=C/C(=C\c2cccc(Cl)c2)c2cc(Cl)ccc21. The van der Waals surface area contributed by atoms with Crippen molar-refractivity contribution >= 4 is 51.2 Å². The smallest absolute Gasteiger partial charge is 0.127 e. The first-order chi connectivity index (χ1) is 14.6. The molecule has 0 N–H and O–H groups in total. The van der Waals surface area contributed by atoms with Gasteiger partial charge in [-0.3, -0.25) is 0 Å². The molecule has 5 rings (SSSR count). The molecule has 0 atom stereocenters. The molecule has 0 aliphatic heterocycles. The minimum Gasteiger partial charge on any atom is -0.496 e. The van der Waals surface area contributed by atoms with Crippen molar-refractivity contribution < 1.29 is 4.74 Å². The number of benzene rings is 4. The predicted octanol–water partition coefficient (Wildman–Crippen LogP) is 8.14. The molecule has 30 heavy (non-hydrogen) atoms. The lowest BCUT2D eigenvalue weighted by Gasteiger charge is -2.14. The fraction of sp³-hybridized carbons (Fsp3) is 0.0370. The number of halogens is 2. The molecule has 0 radical (unpaired) electrons. The maximum Gasteiger partial charge on any atom is 0.127 e. The number of fused-ring (bicyclic) bond motifs is 2. The van der Waals surface area contributed by atoms with E-state index in [1.54, 1.807) is 7.11 Å². The summed E-state index contributed by atoms with van der Waals surface area (Å²) in [6.07, 6.45) is 4.36. The van der Waals surface area contributed by atoms with E-state index in [-0.39, 0.29) is 0 Å². The second-order valence-corrected chi connectivity index (χ2v) is 8.14. The van der Waals surface area contributed by atoms with Crippen molar-refractivity contribution in [2.45, 2.75) is 0 Å². The van der Waals surface area contributed by atoms with Gasteiger partial charge in [-0.15, -0.1) is 0 Å². The van der Waals surface area contributed by atoms with Gasteiger partial charge in [0.05, 0.1) is 7.11 Å².